The molecule has 13 heavy (non-hydrogen) atoms. The molecule has 0 heterocycles. The fraction of sp³-hybridized carbons (Fsp3) is 0.333. The SMILES string of the molecule is C=COCC(CC)c1ccccc1. The molecule has 0 bridgehead atoms. The minimum absolute atomic E-state index is 0.485. The van der Waals surface area contributed by atoms with Gasteiger partial charge in [-0.15, -0.1) is 0 Å². The highest BCUT2D eigenvalue weighted by atomic mass is 16.5. The first-order chi connectivity index (χ1) is 6.38. The lowest BCUT2D eigenvalue weighted by molar-refractivity contribution is 0.225. The van der Waals surface area contributed by atoms with E-state index in [9.17, 15) is 0 Å². The Morgan fingerprint density at radius 1 is 1.38 bits per heavy atom. The standard InChI is InChI=1S/C12H16O/c1-3-11(10-13-4-2)12-8-6-5-7-9-12/h4-9,11H,2-3,10H2,1H3. The lowest BCUT2D eigenvalue weighted by atomic mass is 9.98. The topological polar surface area (TPSA) is 9.23 Å². The molecule has 1 unspecified atom stereocenters. The molecule has 1 aromatic rings. The van der Waals surface area contributed by atoms with Crippen LogP contribution in [0.25, 0.3) is 0 Å². The maximum absolute atomic E-state index is 5.20. The average Bonchev–Trinajstić information content (AvgIpc) is 2.21. The Hall–Kier alpha value is -1.24. The molecule has 0 amide bonds. The van der Waals surface area contributed by atoms with Gasteiger partial charge in [0.1, 0.15) is 0 Å². The van der Waals surface area contributed by atoms with Gasteiger partial charge in [-0.25, -0.2) is 0 Å². The molecule has 1 aromatic carbocycles. The molecule has 1 atom stereocenters. The maximum atomic E-state index is 5.20. The van der Waals surface area contributed by atoms with E-state index in [1.807, 2.05) is 6.07 Å². The predicted octanol–water partition coefficient (Wildman–Crippen LogP) is 3.34. The van der Waals surface area contributed by atoms with Gasteiger partial charge < -0.3 is 4.74 Å². The molecule has 0 saturated carbocycles. The summed E-state index contributed by atoms with van der Waals surface area (Å²) in [6.07, 6.45) is 2.60. The van der Waals surface area contributed by atoms with Crippen molar-refractivity contribution in [2.24, 2.45) is 0 Å². The summed E-state index contributed by atoms with van der Waals surface area (Å²) in [4.78, 5) is 0. The zero-order valence-electron chi connectivity index (χ0n) is 8.07. The Labute approximate surface area is 80.0 Å². The molecule has 1 nitrogen and oxygen atoms in total. The second kappa shape index (κ2) is 5.41. The maximum Gasteiger partial charge on any atom is 0.0941 e. The number of rotatable bonds is 5. The summed E-state index contributed by atoms with van der Waals surface area (Å²) < 4.78 is 5.20. The van der Waals surface area contributed by atoms with Crippen molar-refractivity contribution in [2.75, 3.05) is 6.61 Å². The number of hydrogen-bond acceptors (Lipinski definition) is 1. The van der Waals surface area contributed by atoms with Crippen molar-refractivity contribution in [1.82, 2.24) is 0 Å². The van der Waals surface area contributed by atoms with Crippen LogP contribution in [0, 0.1) is 0 Å². The highest BCUT2D eigenvalue weighted by Crippen LogP contribution is 2.19. The number of benzene rings is 1. The molecule has 0 aliphatic carbocycles. The van der Waals surface area contributed by atoms with Crippen molar-refractivity contribution in [3.05, 3.63) is 48.7 Å². The summed E-state index contributed by atoms with van der Waals surface area (Å²) in [5.74, 6) is 0.485. The van der Waals surface area contributed by atoms with Gasteiger partial charge in [0, 0.05) is 5.92 Å². The van der Waals surface area contributed by atoms with E-state index >= 15 is 0 Å². The second-order valence-corrected chi connectivity index (χ2v) is 3.02. The summed E-state index contributed by atoms with van der Waals surface area (Å²) in [6, 6.07) is 10.4. The van der Waals surface area contributed by atoms with Gasteiger partial charge in [-0.1, -0.05) is 43.8 Å². The third-order valence-electron chi connectivity index (χ3n) is 2.18. The van der Waals surface area contributed by atoms with E-state index in [0.29, 0.717) is 5.92 Å². The third-order valence-corrected chi connectivity index (χ3v) is 2.18. The fourth-order valence-corrected chi connectivity index (χ4v) is 1.36. The van der Waals surface area contributed by atoms with E-state index in [2.05, 4.69) is 37.8 Å². The molecular formula is C12H16O. The Morgan fingerprint density at radius 2 is 2.08 bits per heavy atom. The average molecular weight is 176 g/mol. The van der Waals surface area contributed by atoms with Gasteiger partial charge in [-0.3, -0.25) is 0 Å². The van der Waals surface area contributed by atoms with Crippen LogP contribution in [0.4, 0.5) is 0 Å². The highest BCUT2D eigenvalue weighted by Gasteiger charge is 2.07. The fourth-order valence-electron chi connectivity index (χ4n) is 1.36. The third kappa shape index (κ3) is 2.94. The Balaban J connectivity index is 2.61. The van der Waals surface area contributed by atoms with Crippen LogP contribution < -0.4 is 0 Å². The van der Waals surface area contributed by atoms with E-state index in [1.54, 1.807) is 0 Å². The Morgan fingerprint density at radius 3 is 2.62 bits per heavy atom. The van der Waals surface area contributed by atoms with E-state index < -0.39 is 0 Å². The van der Waals surface area contributed by atoms with Crippen LogP contribution in [0.5, 0.6) is 0 Å². The Kier molecular flexibility index (Phi) is 4.10. The second-order valence-electron chi connectivity index (χ2n) is 3.02. The van der Waals surface area contributed by atoms with Crippen LogP contribution in [0.15, 0.2) is 43.2 Å². The minimum atomic E-state index is 0.485. The van der Waals surface area contributed by atoms with Gasteiger partial charge >= 0.3 is 0 Å². The summed E-state index contributed by atoms with van der Waals surface area (Å²) in [6.45, 7) is 6.44. The van der Waals surface area contributed by atoms with Gasteiger partial charge in [0.2, 0.25) is 0 Å². The first-order valence-electron chi connectivity index (χ1n) is 4.66. The molecular weight excluding hydrogens is 160 g/mol. The van der Waals surface area contributed by atoms with Crippen LogP contribution in [0.3, 0.4) is 0 Å². The smallest absolute Gasteiger partial charge is 0.0941 e. The van der Waals surface area contributed by atoms with Gasteiger partial charge in [0.25, 0.3) is 0 Å². The van der Waals surface area contributed by atoms with Crippen LogP contribution in [-0.4, -0.2) is 6.61 Å². The van der Waals surface area contributed by atoms with Gasteiger partial charge in [0.05, 0.1) is 12.9 Å². The van der Waals surface area contributed by atoms with Crippen LogP contribution in [-0.2, 0) is 4.74 Å². The van der Waals surface area contributed by atoms with Crippen molar-refractivity contribution < 1.29 is 4.74 Å². The lowest BCUT2D eigenvalue weighted by Crippen LogP contribution is -2.04. The first-order valence-corrected chi connectivity index (χ1v) is 4.66. The summed E-state index contributed by atoms with van der Waals surface area (Å²) >= 11 is 0. The monoisotopic (exact) mass is 176 g/mol. The van der Waals surface area contributed by atoms with E-state index in [0.717, 1.165) is 13.0 Å². The lowest BCUT2D eigenvalue weighted by Gasteiger charge is -2.14. The van der Waals surface area contributed by atoms with Crippen LogP contribution in [0.1, 0.15) is 24.8 Å². The summed E-state index contributed by atoms with van der Waals surface area (Å²) in [5, 5.41) is 0. The number of hydrogen-bond donors (Lipinski definition) is 0. The van der Waals surface area contributed by atoms with Crippen molar-refractivity contribution >= 4 is 0 Å². The highest BCUT2D eigenvalue weighted by molar-refractivity contribution is 5.19. The van der Waals surface area contributed by atoms with E-state index in [-0.39, 0.29) is 0 Å². The zero-order chi connectivity index (χ0) is 9.52. The molecule has 0 aliphatic rings. The van der Waals surface area contributed by atoms with Crippen molar-refractivity contribution in [3.63, 3.8) is 0 Å². The van der Waals surface area contributed by atoms with Crippen molar-refractivity contribution in [2.45, 2.75) is 19.3 Å². The quantitative estimate of drug-likeness (QED) is 0.625. The van der Waals surface area contributed by atoms with Crippen molar-refractivity contribution in [3.8, 4) is 0 Å². The Bertz CT molecular complexity index is 241. The molecule has 1 heteroatoms. The van der Waals surface area contributed by atoms with E-state index in [1.165, 1.54) is 11.8 Å². The minimum Gasteiger partial charge on any atom is -0.501 e. The molecule has 0 spiro atoms. The molecule has 0 fully saturated rings. The zero-order valence-corrected chi connectivity index (χ0v) is 8.07. The largest absolute Gasteiger partial charge is 0.501 e. The molecule has 1 rings (SSSR count). The molecule has 0 aliphatic heterocycles. The van der Waals surface area contributed by atoms with Gasteiger partial charge in [-0.2, -0.15) is 0 Å². The summed E-state index contributed by atoms with van der Waals surface area (Å²) in [5.41, 5.74) is 1.34. The molecule has 0 saturated heterocycles. The molecule has 0 radical (unpaired) electrons. The van der Waals surface area contributed by atoms with Crippen LogP contribution >= 0.6 is 0 Å². The molecule has 0 N–H and O–H groups in total. The van der Waals surface area contributed by atoms with E-state index in [4.69, 9.17) is 4.74 Å². The van der Waals surface area contributed by atoms with Gasteiger partial charge in [0.15, 0.2) is 0 Å². The molecule has 70 valence electrons. The van der Waals surface area contributed by atoms with Crippen LogP contribution in [0.2, 0.25) is 0 Å². The van der Waals surface area contributed by atoms with Gasteiger partial charge in [-0.05, 0) is 12.0 Å². The molecule has 0 aromatic heterocycles. The summed E-state index contributed by atoms with van der Waals surface area (Å²) in [7, 11) is 0. The normalized spacial score (nSPS) is 12.1. The number of ether oxygens (including phenoxy) is 1. The van der Waals surface area contributed by atoms with Crippen molar-refractivity contribution in [1.29, 1.82) is 0 Å². The first kappa shape index (κ1) is 9.85. The predicted molar refractivity (Wildman–Crippen MR) is 55.6 cm³/mol.